The molecule has 0 spiro atoms. The lowest BCUT2D eigenvalue weighted by Crippen LogP contribution is -2.25. The molecule has 4 nitrogen and oxygen atoms in total. The summed E-state index contributed by atoms with van der Waals surface area (Å²) in [6, 6.07) is 17.1. The van der Waals surface area contributed by atoms with E-state index in [0.29, 0.717) is 11.2 Å². The average Bonchev–Trinajstić information content (AvgIpc) is 2.85. The largest absolute Gasteiger partial charge is 0.314 e. The summed E-state index contributed by atoms with van der Waals surface area (Å²) in [5.41, 5.74) is 2.87. The molecule has 23 heavy (non-hydrogen) atoms. The monoisotopic (exact) mass is 369 g/mol. The predicted molar refractivity (Wildman–Crippen MR) is 93.2 cm³/mol. The molecule has 2 aromatic carbocycles. The second-order valence-electron chi connectivity index (χ2n) is 5.32. The van der Waals surface area contributed by atoms with Crippen molar-refractivity contribution < 1.29 is 4.79 Å². The van der Waals surface area contributed by atoms with Crippen LogP contribution >= 0.6 is 15.9 Å². The number of nitrogens with zero attached hydrogens (tertiary/aromatic N) is 2. The number of imidazole rings is 1. The lowest BCUT2D eigenvalue weighted by Gasteiger charge is -2.01. The number of carbonyl (C=O) groups excluding carboxylic acids is 1. The topological polar surface area (TPSA) is 50.8 Å². The molecule has 0 atom stereocenters. The number of nitrogens with one attached hydrogen (secondary N) is 1. The van der Waals surface area contributed by atoms with Gasteiger partial charge >= 0.3 is 0 Å². The van der Waals surface area contributed by atoms with Crippen molar-refractivity contribution in [1.29, 1.82) is 5.41 Å². The van der Waals surface area contributed by atoms with Crippen molar-refractivity contribution in [3.05, 3.63) is 76.4 Å². The molecule has 1 N–H and O–H groups in total. The van der Waals surface area contributed by atoms with Crippen LogP contribution in [-0.4, -0.2) is 14.9 Å². The maximum atomic E-state index is 12.3. The first-order chi connectivity index (χ1) is 11.1. The third-order valence-electron chi connectivity index (χ3n) is 3.78. The van der Waals surface area contributed by atoms with E-state index in [0.717, 1.165) is 15.7 Å². The summed E-state index contributed by atoms with van der Waals surface area (Å²) in [7, 11) is 1.84. The molecule has 1 aromatic heterocycles. The first kappa shape index (κ1) is 15.5. The third kappa shape index (κ3) is 3.19. The van der Waals surface area contributed by atoms with Crippen molar-refractivity contribution in [3.63, 3.8) is 0 Å². The number of ketones is 1. The van der Waals surface area contributed by atoms with Crippen LogP contribution in [0.15, 0.2) is 65.3 Å². The zero-order chi connectivity index (χ0) is 16.4. The minimum absolute atomic E-state index is 0.00273. The molecule has 5 heteroatoms. The predicted octanol–water partition coefficient (Wildman–Crippen LogP) is 3.62. The van der Waals surface area contributed by atoms with Gasteiger partial charge in [-0.2, -0.15) is 0 Å². The SMILES string of the molecule is Cn1c(-c2ccc(Br)cc2)cn(CC(=O)c2ccccc2)c1=N. The second kappa shape index (κ2) is 6.38. The molecule has 0 aliphatic carbocycles. The number of carbonyl (C=O) groups is 1. The smallest absolute Gasteiger partial charge is 0.202 e. The fourth-order valence-electron chi connectivity index (χ4n) is 2.48. The minimum Gasteiger partial charge on any atom is -0.314 e. The number of benzene rings is 2. The Balaban J connectivity index is 1.93. The van der Waals surface area contributed by atoms with Crippen LogP contribution in [0.4, 0.5) is 0 Å². The molecule has 0 aliphatic rings. The van der Waals surface area contributed by atoms with Gasteiger partial charge in [-0.3, -0.25) is 10.2 Å². The van der Waals surface area contributed by atoms with Crippen molar-refractivity contribution in [2.45, 2.75) is 6.54 Å². The molecule has 0 unspecified atom stereocenters. The summed E-state index contributed by atoms with van der Waals surface area (Å²) in [4.78, 5) is 12.3. The van der Waals surface area contributed by atoms with Crippen LogP contribution in [0.3, 0.4) is 0 Å². The highest BCUT2D eigenvalue weighted by Gasteiger charge is 2.12. The van der Waals surface area contributed by atoms with Gasteiger partial charge in [-0.25, -0.2) is 0 Å². The van der Waals surface area contributed by atoms with Gasteiger partial charge in [0.15, 0.2) is 5.78 Å². The number of halogens is 1. The van der Waals surface area contributed by atoms with E-state index < -0.39 is 0 Å². The molecule has 1 heterocycles. The van der Waals surface area contributed by atoms with Gasteiger partial charge in [-0.1, -0.05) is 58.4 Å². The lowest BCUT2D eigenvalue weighted by molar-refractivity contribution is 0.0970. The highest BCUT2D eigenvalue weighted by atomic mass is 79.9. The summed E-state index contributed by atoms with van der Waals surface area (Å²) in [6.07, 6.45) is 1.85. The Morgan fingerprint density at radius 3 is 2.39 bits per heavy atom. The molecule has 0 saturated heterocycles. The van der Waals surface area contributed by atoms with E-state index >= 15 is 0 Å². The van der Waals surface area contributed by atoms with Crippen LogP contribution in [0.2, 0.25) is 0 Å². The Hall–Kier alpha value is -2.40. The highest BCUT2D eigenvalue weighted by molar-refractivity contribution is 9.10. The van der Waals surface area contributed by atoms with Crippen LogP contribution in [0.25, 0.3) is 11.3 Å². The molecule has 116 valence electrons. The van der Waals surface area contributed by atoms with E-state index in [1.54, 1.807) is 21.3 Å². The fourth-order valence-corrected chi connectivity index (χ4v) is 2.75. The molecule has 0 aliphatic heterocycles. The maximum absolute atomic E-state index is 12.3. The number of hydrogen-bond acceptors (Lipinski definition) is 2. The molecule has 0 amide bonds. The van der Waals surface area contributed by atoms with E-state index in [4.69, 9.17) is 5.41 Å². The van der Waals surface area contributed by atoms with Crippen molar-refractivity contribution in [1.82, 2.24) is 9.13 Å². The van der Waals surface area contributed by atoms with Crippen LogP contribution in [0.5, 0.6) is 0 Å². The number of rotatable bonds is 4. The minimum atomic E-state index is -0.00273. The van der Waals surface area contributed by atoms with Crippen molar-refractivity contribution in [2.24, 2.45) is 7.05 Å². The molecule has 0 saturated carbocycles. The van der Waals surface area contributed by atoms with Crippen molar-refractivity contribution >= 4 is 21.7 Å². The number of Topliss-reactive ketones (excluding diaryl/α,β-unsaturated/α-hetero) is 1. The normalized spacial score (nSPS) is 10.7. The summed E-state index contributed by atoms with van der Waals surface area (Å²) in [6.45, 7) is 0.160. The van der Waals surface area contributed by atoms with Gasteiger partial charge in [0, 0.05) is 23.3 Å². The van der Waals surface area contributed by atoms with Crippen molar-refractivity contribution in [2.75, 3.05) is 0 Å². The summed E-state index contributed by atoms with van der Waals surface area (Å²) >= 11 is 3.42. The Labute approximate surface area is 142 Å². The zero-order valence-electron chi connectivity index (χ0n) is 12.7. The number of hydrogen-bond donors (Lipinski definition) is 1. The second-order valence-corrected chi connectivity index (χ2v) is 6.24. The standard InChI is InChI=1S/C18H16BrN3O/c1-21-16(13-7-9-15(19)10-8-13)11-22(18(21)20)12-17(23)14-5-3-2-4-6-14/h2-11,20H,12H2,1H3. The van der Waals surface area contributed by atoms with Gasteiger partial charge in [0.2, 0.25) is 5.62 Å². The van der Waals surface area contributed by atoms with Crippen LogP contribution in [0, 0.1) is 5.41 Å². The zero-order valence-corrected chi connectivity index (χ0v) is 14.2. The maximum Gasteiger partial charge on any atom is 0.202 e. The fraction of sp³-hybridized carbons (Fsp3) is 0.111. The van der Waals surface area contributed by atoms with Crippen LogP contribution < -0.4 is 5.62 Å². The molecule has 0 bridgehead atoms. The van der Waals surface area contributed by atoms with Gasteiger partial charge < -0.3 is 9.13 Å². The van der Waals surface area contributed by atoms with E-state index in [-0.39, 0.29) is 12.3 Å². The summed E-state index contributed by atoms with van der Waals surface area (Å²) < 4.78 is 4.46. The number of aromatic nitrogens is 2. The van der Waals surface area contributed by atoms with Gasteiger partial charge in [0.05, 0.1) is 12.2 Å². The molecular weight excluding hydrogens is 354 g/mol. The first-order valence-electron chi connectivity index (χ1n) is 7.21. The van der Waals surface area contributed by atoms with E-state index in [2.05, 4.69) is 15.9 Å². The van der Waals surface area contributed by atoms with E-state index in [9.17, 15) is 4.79 Å². The Morgan fingerprint density at radius 1 is 1.09 bits per heavy atom. The molecule has 3 aromatic rings. The Kier molecular flexibility index (Phi) is 4.30. The molecule has 3 rings (SSSR count). The summed E-state index contributed by atoms with van der Waals surface area (Å²) in [5.74, 6) is -0.00273. The van der Waals surface area contributed by atoms with Crippen LogP contribution in [0.1, 0.15) is 10.4 Å². The van der Waals surface area contributed by atoms with Crippen molar-refractivity contribution in [3.8, 4) is 11.3 Å². The average molecular weight is 370 g/mol. The lowest BCUT2D eigenvalue weighted by atomic mass is 10.1. The van der Waals surface area contributed by atoms with E-state index in [1.807, 2.05) is 55.7 Å². The summed E-state index contributed by atoms with van der Waals surface area (Å²) in [5, 5.41) is 8.23. The van der Waals surface area contributed by atoms with Gasteiger partial charge in [-0.05, 0) is 17.7 Å². The van der Waals surface area contributed by atoms with E-state index in [1.165, 1.54) is 0 Å². The molecule has 0 radical (unpaired) electrons. The first-order valence-corrected chi connectivity index (χ1v) is 8.00. The van der Waals surface area contributed by atoms with Gasteiger partial charge in [-0.15, -0.1) is 0 Å². The molecule has 0 fully saturated rings. The van der Waals surface area contributed by atoms with Gasteiger partial charge in [0.25, 0.3) is 0 Å². The molecular formula is C18H16BrN3O. The quantitative estimate of drug-likeness (QED) is 0.701. The third-order valence-corrected chi connectivity index (χ3v) is 4.31. The van der Waals surface area contributed by atoms with Crippen LogP contribution in [-0.2, 0) is 13.6 Å². The highest BCUT2D eigenvalue weighted by Crippen LogP contribution is 2.20. The Morgan fingerprint density at radius 2 is 1.74 bits per heavy atom. The van der Waals surface area contributed by atoms with Gasteiger partial charge in [0.1, 0.15) is 0 Å². The Bertz CT molecular complexity index is 892.